The number of methoxy groups -OCH3 is 1. The van der Waals surface area contributed by atoms with E-state index in [9.17, 15) is 18.8 Å². The van der Waals surface area contributed by atoms with Gasteiger partial charge in [0, 0.05) is 7.05 Å². The van der Waals surface area contributed by atoms with Crippen LogP contribution in [-0.4, -0.2) is 27.3 Å². The number of halogens is 1. The maximum absolute atomic E-state index is 13.9. The molecule has 0 radical (unpaired) electrons. The van der Waals surface area contributed by atoms with E-state index in [1.54, 1.807) is 6.07 Å². The predicted molar refractivity (Wildman–Crippen MR) is 92.5 cm³/mol. The third-order valence-electron chi connectivity index (χ3n) is 4.16. The lowest BCUT2D eigenvalue weighted by Crippen LogP contribution is -2.39. The first-order valence-electron chi connectivity index (χ1n) is 7.62. The van der Waals surface area contributed by atoms with E-state index in [1.807, 2.05) is 0 Å². The molecule has 3 aromatic rings. The Bertz CT molecular complexity index is 1150. The number of nitrogens with zero attached hydrogens (tertiary/aromatic N) is 2. The Morgan fingerprint density at radius 2 is 1.92 bits per heavy atom. The molecule has 0 fully saturated rings. The van der Waals surface area contributed by atoms with E-state index in [-0.39, 0.29) is 23.2 Å². The molecular formula is C18H15FN2O5. The monoisotopic (exact) mass is 358 g/mol. The van der Waals surface area contributed by atoms with Crippen LogP contribution in [0, 0.1) is 5.82 Å². The molecule has 1 aromatic heterocycles. The van der Waals surface area contributed by atoms with Crippen molar-refractivity contribution in [1.29, 1.82) is 0 Å². The van der Waals surface area contributed by atoms with E-state index >= 15 is 0 Å². The molecule has 0 saturated carbocycles. The highest BCUT2D eigenvalue weighted by Gasteiger charge is 2.14. The SMILES string of the molecule is COc1ccc(Cn2c(=O)c3cc(C(=O)O)ccc3n(C)c2=O)cc1F. The number of benzene rings is 2. The van der Waals surface area contributed by atoms with Crippen LogP contribution < -0.4 is 16.0 Å². The summed E-state index contributed by atoms with van der Waals surface area (Å²) in [5.41, 5.74) is -0.557. The maximum atomic E-state index is 13.9. The van der Waals surface area contributed by atoms with Crippen LogP contribution in [0.5, 0.6) is 5.75 Å². The summed E-state index contributed by atoms with van der Waals surface area (Å²) in [4.78, 5) is 36.4. The summed E-state index contributed by atoms with van der Waals surface area (Å²) >= 11 is 0. The van der Waals surface area contributed by atoms with Crippen molar-refractivity contribution < 1.29 is 19.0 Å². The van der Waals surface area contributed by atoms with Crippen molar-refractivity contribution in [3.63, 3.8) is 0 Å². The zero-order valence-corrected chi connectivity index (χ0v) is 14.0. The van der Waals surface area contributed by atoms with E-state index in [0.29, 0.717) is 11.1 Å². The average molecular weight is 358 g/mol. The zero-order valence-electron chi connectivity index (χ0n) is 14.0. The van der Waals surface area contributed by atoms with Crippen LogP contribution in [-0.2, 0) is 13.6 Å². The summed E-state index contributed by atoms with van der Waals surface area (Å²) in [7, 11) is 2.82. The fourth-order valence-electron chi connectivity index (χ4n) is 2.78. The molecule has 1 heterocycles. The number of aromatic carboxylic acids is 1. The number of aromatic nitrogens is 2. The first-order valence-corrected chi connectivity index (χ1v) is 7.62. The molecule has 7 nitrogen and oxygen atoms in total. The summed E-state index contributed by atoms with van der Waals surface area (Å²) in [6.07, 6.45) is 0. The topological polar surface area (TPSA) is 90.5 Å². The lowest BCUT2D eigenvalue weighted by Gasteiger charge is -2.12. The lowest BCUT2D eigenvalue weighted by molar-refractivity contribution is 0.0697. The van der Waals surface area contributed by atoms with Crippen LogP contribution in [0.4, 0.5) is 4.39 Å². The fraction of sp³-hybridized carbons (Fsp3) is 0.167. The summed E-state index contributed by atoms with van der Waals surface area (Å²) in [6, 6.07) is 8.11. The van der Waals surface area contributed by atoms with Crippen LogP contribution in [0.2, 0.25) is 0 Å². The molecule has 0 spiro atoms. The molecule has 2 aromatic carbocycles. The number of carboxylic acid groups (broad SMARTS) is 1. The number of rotatable bonds is 4. The largest absolute Gasteiger partial charge is 0.494 e. The van der Waals surface area contributed by atoms with E-state index in [4.69, 9.17) is 9.84 Å². The van der Waals surface area contributed by atoms with Gasteiger partial charge in [-0.3, -0.25) is 13.9 Å². The third kappa shape index (κ3) is 2.85. The summed E-state index contributed by atoms with van der Waals surface area (Å²) in [5, 5.41) is 9.21. The molecule has 0 amide bonds. The molecule has 134 valence electrons. The van der Waals surface area contributed by atoms with Crippen molar-refractivity contribution in [3.05, 3.63) is 74.2 Å². The highest BCUT2D eigenvalue weighted by Crippen LogP contribution is 2.18. The van der Waals surface area contributed by atoms with Gasteiger partial charge < -0.3 is 9.84 Å². The minimum atomic E-state index is -1.18. The number of hydrogen-bond acceptors (Lipinski definition) is 4. The van der Waals surface area contributed by atoms with Gasteiger partial charge in [0.25, 0.3) is 5.56 Å². The molecule has 0 aliphatic rings. The Morgan fingerprint density at radius 3 is 2.54 bits per heavy atom. The number of fused-ring (bicyclic) bond motifs is 1. The minimum absolute atomic E-state index is 0.0543. The normalized spacial score (nSPS) is 10.9. The van der Waals surface area contributed by atoms with Crippen LogP contribution >= 0.6 is 0 Å². The van der Waals surface area contributed by atoms with Crippen molar-refractivity contribution >= 4 is 16.9 Å². The maximum Gasteiger partial charge on any atom is 0.335 e. The Balaban J connectivity index is 2.19. The predicted octanol–water partition coefficient (Wildman–Crippen LogP) is 1.59. The Labute approximate surface area is 146 Å². The lowest BCUT2D eigenvalue weighted by atomic mass is 10.1. The van der Waals surface area contributed by atoms with Gasteiger partial charge >= 0.3 is 11.7 Å². The first kappa shape index (κ1) is 17.4. The van der Waals surface area contributed by atoms with Crippen LogP contribution in [0.1, 0.15) is 15.9 Å². The van der Waals surface area contributed by atoms with Crippen LogP contribution in [0.25, 0.3) is 10.9 Å². The van der Waals surface area contributed by atoms with E-state index in [0.717, 1.165) is 4.57 Å². The molecule has 3 rings (SSSR count). The molecule has 0 aliphatic heterocycles. The van der Waals surface area contributed by atoms with Crippen molar-refractivity contribution in [2.24, 2.45) is 7.05 Å². The molecular weight excluding hydrogens is 343 g/mol. The summed E-state index contributed by atoms with van der Waals surface area (Å²) in [5.74, 6) is -1.73. The zero-order chi connectivity index (χ0) is 19.0. The molecule has 0 atom stereocenters. The second kappa shape index (κ2) is 6.47. The second-order valence-corrected chi connectivity index (χ2v) is 5.74. The van der Waals surface area contributed by atoms with Crippen molar-refractivity contribution in [2.45, 2.75) is 6.54 Å². The van der Waals surface area contributed by atoms with Crippen molar-refractivity contribution in [2.75, 3.05) is 7.11 Å². The van der Waals surface area contributed by atoms with E-state index in [2.05, 4.69) is 0 Å². The standard InChI is InChI=1S/C18H15FN2O5/c1-20-14-5-4-11(17(23)24)8-12(14)16(22)21(18(20)25)9-10-3-6-15(26-2)13(19)7-10/h3-8H,9H2,1-2H3,(H,23,24). The molecule has 26 heavy (non-hydrogen) atoms. The molecule has 1 N–H and O–H groups in total. The molecule has 0 bridgehead atoms. The van der Waals surface area contributed by atoms with Crippen molar-refractivity contribution in [3.8, 4) is 5.75 Å². The third-order valence-corrected chi connectivity index (χ3v) is 4.16. The molecule has 0 aliphatic carbocycles. The fourth-order valence-corrected chi connectivity index (χ4v) is 2.78. The first-order chi connectivity index (χ1) is 12.3. The van der Waals surface area contributed by atoms with Crippen molar-refractivity contribution in [1.82, 2.24) is 9.13 Å². The van der Waals surface area contributed by atoms with Gasteiger partial charge in [0.15, 0.2) is 11.6 Å². The quantitative estimate of drug-likeness (QED) is 0.765. The van der Waals surface area contributed by atoms with Gasteiger partial charge in [-0.15, -0.1) is 0 Å². The van der Waals surface area contributed by atoms with Gasteiger partial charge in [0.05, 0.1) is 30.1 Å². The summed E-state index contributed by atoms with van der Waals surface area (Å²) < 4.78 is 20.9. The highest BCUT2D eigenvalue weighted by atomic mass is 19.1. The number of aryl methyl sites for hydroxylation is 1. The minimum Gasteiger partial charge on any atom is -0.494 e. The Kier molecular flexibility index (Phi) is 4.33. The Morgan fingerprint density at radius 1 is 1.19 bits per heavy atom. The molecule has 0 unspecified atom stereocenters. The van der Waals surface area contributed by atoms with E-state index in [1.165, 1.54) is 49.1 Å². The molecule has 8 heteroatoms. The van der Waals surface area contributed by atoms with Gasteiger partial charge in [0.1, 0.15) is 0 Å². The highest BCUT2D eigenvalue weighted by molar-refractivity contribution is 5.93. The van der Waals surface area contributed by atoms with Gasteiger partial charge in [-0.05, 0) is 35.9 Å². The average Bonchev–Trinajstić information content (AvgIpc) is 2.63. The van der Waals surface area contributed by atoms with Gasteiger partial charge in [-0.2, -0.15) is 0 Å². The van der Waals surface area contributed by atoms with Crippen LogP contribution in [0.3, 0.4) is 0 Å². The number of carbonyl (C=O) groups is 1. The number of hydrogen-bond donors (Lipinski definition) is 1. The van der Waals surface area contributed by atoms with Crippen LogP contribution in [0.15, 0.2) is 46.0 Å². The molecule has 0 saturated heterocycles. The van der Waals surface area contributed by atoms with Gasteiger partial charge in [-0.1, -0.05) is 6.07 Å². The van der Waals surface area contributed by atoms with Gasteiger partial charge in [-0.25, -0.2) is 14.0 Å². The van der Waals surface area contributed by atoms with E-state index < -0.39 is 23.0 Å². The summed E-state index contributed by atoms with van der Waals surface area (Å²) in [6.45, 7) is -0.153. The smallest absolute Gasteiger partial charge is 0.335 e. The number of carboxylic acids is 1. The second-order valence-electron chi connectivity index (χ2n) is 5.74. The Hall–Kier alpha value is -3.42. The number of ether oxygens (including phenoxy) is 1. The van der Waals surface area contributed by atoms with Gasteiger partial charge in [0.2, 0.25) is 0 Å².